The van der Waals surface area contributed by atoms with Crippen molar-refractivity contribution in [2.45, 2.75) is 0 Å². The van der Waals surface area contributed by atoms with Crippen LogP contribution < -0.4 is 5.73 Å². The average Bonchev–Trinajstić information content (AvgIpc) is 2.81. The zero-order valence-electron chi connectivity index (χ0n) is 9.72. The SMILES string of the molecule is NC(=O)c1nn(-c2ccccc2)nc1C=CC(=O)O. The highest BCUT2D eigenvalue weighted by atomic mass is 16.4. The third kappa shape index (κ3) is 2.83. The van der Waals surface area contributed by atoms with E-state index in [0.717, 1.165) is 6.08 Å². The summed E-state index contributed by atoms with van der Waals surface area (Å²) in [5.41, 5.74) is 5.84. The van der Waals surface area contributed by atoms with Gasteiger partial charge >= 0.3 is 5.97 Å². The Balaban J connectivity index is 2.47. The molecule has 0 aliphatic rings. The van der Waals surface area contributed by atoms with Crippen LogP contribution in [0.4, 0.5) is 0 Å². The second-order valence-electron chi connectivity index (χ2n) is 3.59. The predicted octanol–water partition coefficient (Wildman–Crippen LogP) is 0.464. The Morgan fingerprint density at radius 3 is 2.47 bits per heavy atom. The van der Waals surface area contributed by atoms with Gasteiger partial charge in [0.25, 0.3) is 5.91 Å². The number of benzene rings is 1. The number of aromatic nitrogens is 3. The van der Waals surface area contributed by atoms with Crippen LogP contribution in [0.2, 0.25) is 0 Å². The maximum atomic E-state index is 11.2. The summed E-state index contributed by atoms with van der Waals surface area (Å²) in [6, 6.07) is 8.89. The Morgan fingerprint density at radius 1 is 1.21 bits per heavy atom. The van der Waals surface area contributed by atoms with Gasteiger partial charge in [-0.1, -0.05) is 18.2 Å². The van der Waals surface area contributed by atoms with E-state index in [1.165, 1.54) is 10.9 Å². The quantitative estimate of drug-likeness (QED) is 0.774. The van der Waals surface area contributed by atoms with Crippen LogP contribution in [0.3, 0.4) is 0 Å². The summed E-state index contributed by atoms with van der Waals surface area (Å²) >= 11 is 0. The molecule has 19 heavy (non-hydrogen) atoms. The Labute approximate surface area is 108 Å². The number of carboxylic acids is 1. The first-order chi connectivity index (χ1) is 9.08. The van der Waals surface area contributed by atoms with Crippen LogP contribution in [-0.4, -0.2) is 32.0 Å². The van der Waals surface area contributed by atoms with Crippen LogP contribution in [0.5, 0.6) is 0 Å². The van der Waals surface area contributed by atoms with Gasteiger partial charge in [-0.2, -0.15) is 4.80 Å². The molecule has 0 bridgehead atoms. The molecule has 0 radical (unpaired) electrons. The highest BCUT2D eigenvalue weighted by molar-refractivity contribution is 5.95. The number of carbonyl (C=O) groups excluding carboxylic acids is 1. The summed E-state index contributed by atoms with van der Waals surface area (Å²) in [6.45, 7) is 0. The molecular formula is C12H10N4O3. The van der Waals surface area contributed by atoms with Gasteiger partial charge in [-0.15, -0.1) is 10.2 Å². The number of amides is 1. The minimum absolute atomic E-state index is 0.0821. The fraction of sp³-hybridized carbons (Fsp3) is 0. The van der Waals surface area contributed by atoms with Crippen molar-refractivity contribution < 1.29 is 14.7 Å². The molecule has 1 aromatic heterocycles. The molecule has 7 nitrogen and oxygen atoms in total. The Bertz CT molecular complexity index is 646. The van der Waals surface area contributed by atoms with Gasteiger partial charge in [-0.05, 0) is 18.2 Å². The van der Waals surface area contributed by atoms with Crippen molar-refractivity contribution >= 4 is 18.0 Å². The zero-order chi connectivity index (χ0) is 13.8. The molecule has 1 aromatic carbocycles. The molecule has 0 saturated heterocycles. The van der Waals surface area contributed by atoms with Gasteiger partial charge in [0.05, 0.1) is 5.69 Å². The molecule has 2 aromatic rings. The second kappa shape index (κ2) is 5.13. The number of primary amides is 1. The van der Waals surface area contributed by atoms with E-state index in [0.29, 0.717) is 5.69 Å². The average molecular weight is 258 g/mol. The predicted molar refractivity (Wildman–Crippen MR) is 66.5 cm³/mol. The molecule has 0 atom stereocenters. The third-order valence-corrected chi connectivity index (χ3v) is 2.24. The lowest BCUT2D eigenvalue weighted by Gasteiger charge is -1.96. The van der Waals surface area contributed by atoms with E-state index in [9.17, 15) is 9.59 Å². The summed E-state index contributed by atoms with van der Waals surface area (Å²) in [5.74, 6) is -1.92. The van der Waals surface area contributed by atoms with Gasteiger partial charge in [0.15, 0.2) is 5.69 Å². The topological polar surface area (TPSA) is 111 Å². The van der Waals surface area contributed by atoms with Crippen molar-refractivity contribution in [2.75, 3.05) is 0 Å². The number of nitrogens with two attached hydrogens (primary N) is 1. The van der Waals surface area contributed by atoms with E-state index in [4.69, 9.17) is 10.8 Å². The molecule has 0 fully saturated rings. The van der Waals surface area contributed by atoms with Crippen molar-refractivity contribution in [1.29, 1.82) is 0 Å². The van der Waals surface area contributed by atoms with E-state index in [1.54, 1.807) is 24.3 Å². The fourth-order valence-electron chi connectivity index (χ4n) is 1.43. The van der Waals surface area contributed by atoms with Gasteiger partial charge in [-0.3, -0.25) is 4.79 Å². The maximum absolute atomic E-state index is 11.2. The molecule has 3 N–H and O–H groups in total. The molecule has 1 heterocycles. The first-order valence-corrected chi connectivity index (χ1v) is 5.31. The van der Waals surface area contributed by atoms with Crippen molar-refractivity contribution in [1.82, 2.24) is 15.0 Å². The van der Waals surface area contributed by atoms with Gasteiger partial charge in [0, 0.05) is 6.08 Å². The number of hydrogen-bond acceptors (Lipinski definition) is 4. The molecule has 0 aliphatic carbocycles. The van der Waals surface area contributed by atoms with Gasteiger partial charge in [-0.25, -0.2) is 4.79 Å². The van der Waals surface area contributed by atoms with Crippen LogP contribution in [0.25, 0.3) is 11.8 Å². The van der Waals surface area contributed by atoms with Gasteiger partial charge < -0.3 is 10.8 Å². The monoisotopic (exact) mass is 258 g/mol. The van der Waals surface area contributed by atoms with Gasteiger partial charge in [0.1, 0.15) is 5.69 Å². The van der Waals surface area contributed by atoms with E-state index in [2.05, 4.69) is 10.2 Å². The van der Waals surface area contributed by atoms with Crippen LogP contribution in [-0.2, 0) is 4.79 Å². The largest absolute Gasteiger partial charge is 0.478 e. The molecule has 0 saturated carbocycles. The van der Waals surface area contributed by atoms with Crippen LogP contribution in [0.15, 0.2) is 36.4 Å². The smallest absolute Gasteiger partial charge is 0.328 e. The molecule has 2 rings (SSSR count). The van der Waals surface area contributed by atoms with Crippen molar-refractivity contribution in [2.24, 2.45) is 5.73 Å². The Hall–Kier alpha value is -2.96. The molecule has 7 heteroatoms. The molecule has 0 unspecified atom stereocenters. The molecule has 0 spiro atoms. The normalized spacial score (nSPS) is 10.7. The van der Waals surface area contributed by atoms with E-state index < -0.39 is 11.9 Å². The lowest BCUT2D eigenvalue weighted by Crippen LogP contribution is -2.13. The number of para-hydroxylation sites is 1. The number of hydrogen-bond donors (Lipinski definition) is 2. The number of carbonyl (C=O) groups is 2. The third-order valence-electron chi connectivity index (χ3n) is 2.24. The summed E-state index contributed by atoms with van der Waals surface area (Å²) < 4.78 is 0. The summed E-state index contributed by atoms with van der Waals surface area (Å²) in [6.07, 6.45) is 2.04. The minimum Gasteiger partial charge on any atom is -0.478 e. The Morgan fingerprint density at radius 2 is 1.89 bits per heavy atom. The number of nitrogens with zero attached hydrogens (tertiary/aromatic N) is 3. The lowest BCUT2D eigenvalue weighted by molar-refractivity contribution is -0.131. The summed E-state index contributed by atoms with van der Waals surface area (Å²) in [4.78, 5) is 22.9. The number of carboxylic acid groups (broad SMARTS) is 1. The first-order valence-electron chi connectivity index (χ1n) is 5.31. The second-order valence-corrected chi connectivity index (χ2v) is 3.59. The molecule has 96 valence electrons. The molecule has 0 aliphatic heterocycles. The van der Waals surface area contributed by atoms with Crippen LogP contribution in [0.1, 0.15) is 16.2 Å². The van der Waals surface area contributed by atoms with E-state index >= 15 is 0 Å². The van der Waals surface area contributed by atoms with E-state index in [-0.39, 0.29) is 11.4 Å². The van der Waals surface area contributed by atoms with Crippen molar-refractivity contribution in [3.05, 3.63) is 47.8 Å². The van der Waals surface area contributed by atoms with Crippen molar-refractivity contribution in [3.63, 3.8) is 0 Å². The fourth-order valence-corrected chi connectivity index (χ4v) is 1.43. The first kappa shape index (κ1) is 12.5. The van der Waals surface area contributed by atoms with Crippen LogP contribution in [0, 0.1) is 0 Å². The number of rotatable bonds is 4. The minimum atomic E-state index is -1.15. The lowest BCUT2D eigenvalue weighted by atomic mass is 10.3. The van der Waals surface area contributed by atoms with Crippen molar-refractivity contribution in [3.8, 4) is 5.69 Å². The Kier molecular flexibility index (Phi) is 3.37. The van der Waals surface area contributed by atoms with Gasteiger partial charge in [0.2, 0.25) is 0 Å². The standard InChI is InChI=1S/C12H10N4O3/c13-12(19)11-9(6-7-10(17)18)14-16(15-11)8-4-2-1-3-5-8/h1-7H,(H2,13,19)(H,17,18). The highest BCUT2D eigenvalue weighted by Gasteiger charge is 2.14. The molecular weight excluding hydrogens is 248 g/mol. The highest BCUT2D eigenvalue weighted by Crippen LogP contribution is 2.09. The molecule has 1 amide bonds. The van der Waals surface area contributed by atoms with Crippen LogP contribution >= 0.6 is 0 Å². The summed E-state index contributed by atoms with van der Waals surface area (Å²) in [7, 11) is 0. The van der Waals surface area contributed by atoms with E-state index in [1.807, 2.05) is 6.07 Å². The number of aliphatic carboxylic acids is 1. The maximum Gasteiger partial charge on any atom is 0.328 e. The zero-order valence-corrected chi connectivity index (χ0v) is 9.72. The summed E-state index contributed by atoms with van der Waals surface area (Å²) in [5, 5.41) is 16.5.